The van der Waals surface area contributed by atoms with E-state index < -0.39 is 0 Å². The van der Waals surface area contributed by atoms with E-state index in [9.17, 15) is 0 Å². The van der Waals surface area contributed by atoms with Crippen molar-refractivity contribution < 1.29 is 4.74 Å². The second-order valence-electron chi connectivity index (χ2n) is 4.46. The number of rotatable bonds is 5. The maximum absolute atomic E-state index is 5.46. The van der Waals surface area contributed by atoms with Gasteiger partial charge in [0.15, 0.2) is 0 Å². The molecule has 2 rings (SSSR count). The lowest BCUT2D eigenvalue weighted by molar-refractivity contribution is 0.340. The summed E-state index contributed by atoms with van der Waals surface area (Å²) in [7, 11) is 0. The Morgan fingerprint density at radius 3 is 2.20 bits per heavy atom. The Balaban J connectivity index is 2.13. The summed E-state index contributed by atoms with van der Waals surface area (Å²) in [6.45, 7) is 4.82. The first-order chi connectivity index (χ1) is 9.61. The summed E-state index contributed by atoms with van der Waals surface area (Å²) in [6.07, 6.45) is 0. The highest BCUT2D eigenvalue weighted by Gasteiger charge is 2.10. The van der Waals surface area contributed by atoms with E-state index in [-0.39, 0.29) is 6.04 Å². The van der Waals surface area contributed by atoms with Crippen molar-refractivity contribution in [2.75, 3.05) is 11.9 Å². The first kappa shape index (κ1) is 15.4. The van der Waals surface area contributed by atoms with E-state index in [0.717, 1.165) is 20.4 Å². The SMILES string of the molecule is CCOc1ccc(C(C)Nc2c(Br)cccc2Br)cc1. The van der Waals surface area contributed by atoms with Crippen LogP contribution in [0.4, 0.5) is 5.69 Å². The van der Waals surface area contributed by atoms with Crippen LogP contribution in [0.2, 0.25) is 0 Å². The Bertz CT molecular complexity index is 549. The van der Waals surface area contributed by atoms with Gasteiger partial charge in [0.05, 0.1) is 12.3 Å². The van der Waals surface area contributed by atoms with Gasteiger partial charge in [0, 0.05) is 15.0 Å². The van der Waals surface area contributed by atoms with E-state index in [0.29, 0.717) is 6.61 Å². The second kappa shape index (κ2) is 7.14. The van der Waals surface area contributed by atoms with Gasteiger partial charge in [-0.25, -0.2) is 0 Å². The molecule has 0 amide bonds. The lowest BCUT2D eigenvalue weighted by atomic mass is 10.1. The van der Waals surface area contributed by atoms with Gasteiger partial charge in [-0.15, -0.1) is 0 Å². The molecule has 0 saturated heterocycles. The standard InChI is InChI=1S/C16H17Br2NO/c1-3-20-13-9-7-12(8-10-13)11(2)19-16-14(17)5-4-6-15(16)18/h4-11,19H,3H2,1-2H3. The van der Waals surface area contributed by atoms with Crippen molar-refractivity contribution in [2.24, 2.45) is 0 Å². The highest BCUT2D eigenvalue weighted by Crippen LogP contribution is 2.33. The monoisotopic (exact) mass is 397 g/mol. The van der Waals surface area contributed by atoms with Crippen molar-refractivity contribution in [1.29, 1.82) is 0 Å². The third kappa shape index (κ3) is 3.76. The summed E-state index contributed by atoms with van der Waals surface area (Å²) in [4.78, 5) is 0. The molecule has 1 unspecified atom stereocenters. The Morgan fingerprint density at radius 2 is 1.65 bits per heavy atom. The van der Waals surface area contributed by atoms with Crippen LogP contribution in [0.25, 0.3) is 0 Å². The maximum atomic E-state index is 5.46. The number of benzene rings is 2. The normalized spacial score (nSPS) is 12.0. The fraction of sp³-hybridized carbons (Fsp3) is 0.250. The van der Waals surface area contributed by atoms with E-state index in [2.05, 4.69) is 56.2 Å². The Kier molecular flexibility index (Phi) is 5.49. The quantitative estimate of drug-likeness (QED) is 0.688. The van der Waals surface area contributed by atoms with Gasteiger partial charge in [-0.3, -0.25) is 0 Å². The average molecular weight is 399 g/mol. The fourth-order valence-electron chi connectivity index (χ4n) is 1.95. The minimum Gasteiger partial charge on any atom is -0.494 e. The third-order valence-corrected chi connectivity index (χ3v) is 4.34. The van der Waals surface area contributed by atoms with E-state index in [4.69, 9.17) is 4.74 Å². The molecule has 0 aromatic heterocycles. The van der Waals surface area contributed by atoms with Crippen molar-refractivity contribution in [1.82, 2.24) is 0 Å². The van der Waals surface area contributed by atoms with Crippen molar-refractivity contribution in [3.05, 3.63) is 57.0 Å². The van der Waals surface area contributed by atoms with Gasteiger partial charge in [0.2, 0.25) is 0 Å². The molecule has 20 heavy (non-hydrogen) atoms. The molecule has 4 heteroatoms. The van der Waals surface area contributed by atoms with E-state index in [1.165, 1.54) is 5.56 Å². The van der Waals surface area contributed by atoms with Crippen LogP contribution in [-0.2, 0) is 0 Å². The summed E-state index contributed by atoms with van der Waals surface area (Å²) in [5.74, 6) is 0.908. The highest BCUT2D eigenvalue weighted by atomic mass is 79.9. The number of nitrogens with one attached hydrogen (secondary N) is 1. The van der Waals surface area contributed by atoms with Crippen LogP contribution in [-0.4, -0.2) is 6.61 Å². The number of halogens is 2. The van der Waals surface area contributed by atoms with Crippen LogP contribution < -0.4 is 10.1 Å². The number of anilines is 1. The van der Waals surface area contributed by atoms with E-state index in [1.54, 1.807) is 0 Å². The predicted molar refractivity (Wildman–Crippen MR) is 91.5 cm³/mol. The zero-order valence-corrected chi connectivity index (χ0v) is 14.7. The fourth-order valence-corrected chi connectivity index (χ4v) is 3.18. The molecule has 0 saturated carbocycles. The van der Waals surface area contributed by atoms with Crippen LogP contribution in [0.15, 0.2) is 51.4 Å². The van der Waals surface area contributed by atoms with Crippen molar-refractivity contribution in [3.8, 4) is 5.75 Å². The number of para-hydroxylation sites is 1. The topological polar surface area (TPSA) is 21.3 Å². The largest absolute Gasteiger partial charge is 0.494 e. The molecule has 0 heterocycles. The number of ether oxygens (including phenoxy) is 1. The predicted octanol–water partition coefficient (Wildman–Crippen LogP) is 5.78. The summed E-state index contributed by atoms with van der Waals surface area (Å²) in [5, 5.41) is 3.51. The van der Waals surface area contributed by atoms with Crippen LogP contribution in [0.5, 0.6) is 5.75 Å². The molecule has 1 N–H and O–H groups in total. The smallest absolute Gasteiger partial charge is 0.119 e. The van der Waals surface area contributed by atoms with E-state index >= 15 is 0 Å². The zero-order valence-electron chi connectivity index (χ0n) is 11.5. The molecule has 2 aromatic rings. The van der Waals surface area contributed by atoms with E-state index in [1.807, 2.05) is 37.3 Å². The Hall–Kier alpha value is -1.00. The first-order valence-corrected chi connectivity index (χ1v) is 8.13. The molecule has 2 aromatic carbocycles. The lowest BCUT2D eigenvalue weighted by Crippen LogP contribution is -2.07. The van der Waals surface area contributed by atoms with Crippen molar-refractivity contribution >= 4 is 37.5 Å². The minimum absolute atomic E-state index is 0.209. The van der Waals surface area contributed by atoms with Crippen LogP contribution in [0.1, 0.15) is 25.5 Å². The summed E-state index contributed by atoms with van der Waals surface area (Å²) in [6, 6.07) is 14.5. The van der Waals surface area contributed by atoms with Gasteiger partial charge in [-0.1, -0.05) is 18.2 Å². The molecule has 0 spiro atoms. The molecule has 0 aliphatic rings. The van der Waals surface area contributed by atoms with Crippen molar-refractivity contribution in [3.63, 3.8) is 0 Å². The molecule has 106 valence electrons. The van der Waals surface area contributed by atoms with Gasteiger partial charge < -0.3 is 10.1 Å². The molecule has 0 bridgehead atoms. The average Bonchev–Trinajstić information content (AvgIpc) is 2.44. The van der Waals surface area contributed by atoms with Gasteiger partial charge in [0.1, 0.15) is 5.75 Å². The van der Waals surface area contributed by atoms with Gasteiger partial charge in [-0.05, 0) is 75.5 Å². The summed E-state index contributed by atoms with van der Waals surface area (Å²) < 4.78 is 7.55. The molecule has 0 fully saturated rings. The lowest BCUT2D eigenvalue weighted by Gasteiger charge is -2.18. The molecular formula is C16H17Br2NO. The molecule has 0 radical (unpaired) electrons. The van der Waals surface area contributed by atoms with Gasteiger partial charge in [-0.2, -0.15) is 0 Å². The second-order valence-corrected chi connectivity index (χ2v) is 6.17. The van der Waals surface area contributed by atoms with Crippen LogP contribution in [0.3, 0.4) is 0 Å². The van der Waals surface area contributed by atoms with Gasteiger partial charge in [0.25, 0.3) is 0 Å². The van der Waals surface area contributed by atoms with Gasteiger partial charge >= 0.3 is 0 Å². The highest BCUT2D eigenvalue weighted by molar-refractivity contribution is 9.11. The summed E-state index contributed by atoms with van der Waals surface area (Å²) in [5.41, 5.74) is 2.28. The Labute approximate surface area is 136 Å². The Morgan fingerprint density at radius 1 is 1.05 bits per heavy atom. The molecule has 1 atom stereocenters. The van der Waals surface area contributed by atoms with Crippen LogP contribution >= 0.6 is 31.9 Å². The maximum Gasteiger partial charge on any atom is 0.119 e. The molecule has 2 nitrogen and oxygen atoms in total. The molecule has 0 aliphatic heterocycles. The molecular weight excluding hydrogens is 382 g/mol. The minimum atomic E-state index is 0.209. The number of hydrogen-bond donors (Lipinski definition) is 1. The first-order valence-electron chi connectivity index (χ1n) is 6.55. The van der Waals surface area contributed by atoms with Crippen molar-refractivity contribution in [2.45, 2.75) is 19.9 Å². The number of hydrogen-bond acceptors (Lipinski definition) is 2. The summed E-state index contributed by atoms with van der Waals surface area (Å²) >= 11 is 7.14. The third-order valence-electron chi connectivity index (χ3n) is 3.01. The zero-order chi connectivity index (χ0) is 14.5. The van der Waals surface area contributed by atoms with Crippen LogP contribution in [0, 0.1) is 0 Å². The molecule has 0 aliphatic carbocycles.